The number of Topliss-reactive ketones (excluding diaryl/α,β-unsaturated/α-hetero) is 1. The molecule has 0 saturated heterocycles. The third-order valence-electron chi connectivity index (χ3n) is 4.76. The summed E-state index contributed by atoms with van der Waals surface area (Å²) in [7, 11) is 0. The van der Waals surface area contributed by atoms with Crippen molar-refractivity contribution in [3.63, 3.8) is 0 Å². The van der Waals surface area contributed by atoms with E-state index in [0.29, 0.717) is 35.7 Å². The zero-order chi connectivity index (χ0) is 17.5. The first kappa shape index (κ1) is 17.1. The fourth-order valence-corrected chi connectivity index (χ4v) is 4.23. The number of carbonyl (C=O) groups excluding carboxylic acids is 3. The first-order chi connectivity index (χ1) is 11.3. The summed E-state index contributed by atoms with van der Waals surface area (Å²) in [4.78, 5) is 42.1. The van der Waals surface area contributed by atoms with E-state index < -0.39 is 11.4 Å². The molecule has 0 aromatic carbocycles. The van der Waals surface area contributed by atoms with Gasteiger partial charge in [-0.3, -0.25) is 14.4 Å². The van der Waals surface area contributed by atoms with E-state index in [1.54, 1.807) is 6.92 Å². The van der Waals surface area contributed by atoms with E-state index in [0.717, 1.165) is 12.1 Å². The number of hydrogen-bond acceptors (Lipinski definition) is 6. The average molecular weight is 350 g/mol. The van der Waals surface area contributed by atoms with Gasteiger partial charge in [0.05, 0.1) is 17.2 Å². The second-order valence-electron chi connectivity index (χ2n) is 7.35. The Kier molecular flexibility index (Phi) is 4.23. The van der Waals surface area contributed by atoms with Gasteiger partial charge < -0.3 is 10.1 Å². The third kappa shape index (κ3) is 2.85. The standard InChI is InChI=1S/C17H22N2O4S/c1-4-23-14(22)17(6-5-7-17)13(21)19-15-18-10-8-16(2,3)9-11(20)12(10)24-15/h4-9H2,1-3H3,(H,18,19,21). The van der Waals surface area contributed by atoms with Gasteiger partial charge in [-0.1, -0.05) is 31.6 Å². The largest absolute Gasteiger partial charge is 0.465 e. The molecule has 1 heterocycles. The quantitative estimate of drug-likeness (QED) is 0.666. The summed E-state index contributed by atoms with van der Waals surface area (Å²) in [6.45, 7) is 6.05. The average Bonchev–Trinajstić information content (AvgIpc) is 2.78. The van der Waals surface area contributed by atoms with E-state index in [1.807, 2.05) is 13.8 Å². The van der Waals surface area contributed by atoms with Crippen LogP contribution in [-0.2, 0) is 20.7 Å². The maximum atomic E-state index is 12.6. The van der Waals surface area contributed by atoms with E-state index in [4.69, 9.17) is 4.74 Å². The first-order valence-corrected chi connectivity index (χ1v) is 9.11. The molecule has 24 heavy (non-hydrogen) atoms. The molecule has 2 aliphatic rings. The second kappa shape index (κ2) is 5.95. The number of amides is 1. The predicted octanol–water partition coefficient (Wildman–Crippen LogP) is 2.97. The number of ether oxygens (including phenoxy) is 1. The number of ketones is 1. The lowest BCUT2D eigenvalue weighted by Crippen LogP contribution is -2.49. The number of nitrogens with zero attached hydrogens (tertiary/aromatic N) is 1. The zero-order valence-corrected chi connectivity index (χ0v) is 15.0. The molecule has 0 unspecified atom stereocenters. The van der Waals surface area contributed by atoms with Crippen LogP contribution < -0.4 is 5.32 Å². The van der Waals surface area contributed by atoms with Crippen LogP contribution in [0.2, 0.25) is 0 Å². The van der Waals surface area contributed by atoms with Crippen molar-refractivity contribution in [3.05, 3.63) is 10.6 Å². The molecule has 1 N–H and O–H groups in total. The lowest BCUT2D eigenvalue weighted by molar-refractivity contribution is -0.165. The minimum Gasteiger partial charge on any atom is -0.465 e. The highest BCUT2D eigenvalue weighted by molar-refractivity contribution is 7.17. The van der Waals surface area contributed by atoms with Crippen molar-refractivity contribution in [2.45, 2.75) is 52.9 Å². The van der Waals surface area contributed by atoms with Gasteiger partial charge in [-0.25, -0.2) is 4.98 Å². The number of rotatable bonds is 4. The SMILES string of the molecule is CCOC(=O)C1(C(=O)Nc2nc3c(s2)C(=O)CC(C)(C)C3)CCC1. The van der Waals surface area contributed by atoms with Crippen molar-refractivity contribution in [1.29, 1.82) is 0 Å². The van der Waals surface area contributed by atoms with E-state index in [2.05, 4.69) is 10.3 Å². The van der Waals surface area contributed by atoms with Gasteiger partial charge in [0, 0.05) is 6.42 Å². The maximum Gasteiger partial charge on any atom is 0.321 e. The van der Waals surface area contributed by atoms with Gasteiger partial charge in [0.1, 0.15) is 5.41 Å². The Morgan fingerprint density at radius 1 is 1.29 bits per heavy atom. The Labute approximate surface area is 145 Å². The number of aromatic nitrogens is 1. The summed E-state index contributed by atoms with van der Waals surface area (Å²) >= 11 is 1.20. The molecule has 1 saturated carbocycles. The van der Waals surface area contributed by atoms with Crippen LogP contribution in [0, 0.1) is 10.8 Å². The van der Waals surface area contributed by atoms with Crippen LogP contribution in [0.3, 0.4) is 0 Å². The summed E-state index contributed by atoms with van der Waals surface area (Å²) in [6.07, 6.45) is 3.02. The second-order valence-corrected chi connectivity index (χ2v) is 8.35. The summed E-state index contributed by atoms with van der Waals surface area (Å²) in [6, 6.07) is 0. The molecule has 0 spiro atoms. The van der Waals surface area contributed by atoms with Gasteiger partial charge in [-0.15, -0.1) is 0 Å². The van der Waals surface area contributed by atoms with Crippen LogP contribution in [0.15, 0.2) is 0 Å². The summed E-state index contributed by atoms with van der Waals surface area (Å²) in [5.74, 6) is -0.764. The summed E-state index contributed by atoms with van der Waals surface area (Å²) in [5.41, 5.74) is -0.458. The highest BCUT2D eigenvalue weighted by Gasteiger charge is 2.52. The smallest absolute Gasteiger partial charge is 0.321 e. The Bertz CT molecular complexity index is 703. The molecule has 1 amide bonds. The fraction of sp³-hybridized carbons (Fsp3) is 0.647. The van der Waals surface area contributed by atoms with E-state index in [9.17, 15) is 14.4 Å². The van der Waals surface area contributed by atoms with E-state index in [1.165, 1.54) is 11.3 Å². The van der Waals surface area contributed by atoms with Crippen LogP contribution in [-0.4, -0.2) is 29.3 Å². The van der Waals surface area contributed by atoms with Crippen molar-refractivity contribution in [1.82, 2.24) is 4.98 Å². The van der Waals surface area contributed by atoms with Crippen LogP contribution in [0.5, 0.6) is 0 Å². The molecule has 0 aliphatic heterocycles. The predicted molar refractivity (Wildman–Crippen MR) is 90.1 cm³/mol. The Morgan fingerprint density at radius 2 is 2.00 bits per heavy atom. The molecule has 2 aliphatic carbocycles. The van der Waals surface area contributed by atoms with Crippen molar-refractivity contribution >= 4 is 34.1 Å². The van der Waals surface area contributed by atoms with E-state index in [-0.39, 0.29) is 23.7 Å². The molecule has 3 rings (SSSR count). The Balaban J connectivity index is 1.79. The van der Waals surface area contributed by atoms with Gasteiger partial charge in [0.25, 0.3) is 0 Å². The van der Waals surface area contributed by atoms with Gasteiger partial charge in [0.2, 0.25) is 5.91 Å². The van der Waals surface area contributed by atoms with Gasteiger partial charge in [-0.2, -0.15) is 0 Å². The van der Waals surface area contributed by atoms with Crippen LogP contribution in [0.1, 0.15) is 61.8 Å². The molecule has 1 fully saturated rings. The van der Waals surface area contributed by atoms with Crippen LogP contribution in [0.4, 0.5) is 5.13 Å². The molecular weight excluding hydrogens is 328 g/mol. The summed E-state index contributed by atoms with van der Waals surface area (Å²) < 4.78 is 5.06. The lowest BCUT2D eigenvalue weighted by atomic mass is 9.68. The number of thiazole rings is 1. The third-order valence-corrected chi connectivity index (χ3v) is 5.82. The topological polar surface area (TPSA) is 85.4 Å². The lowest BCUT2D eigenvalue weighted by Gasteiger charge is -2.36. The van der Waals surface area contributed by atoms with Gasteiger partial charge in [-0.05, 0) is 31.6 Å². The number of carbonyl (C=O) groups is 3. The van der Waals surface area contributed by atoms with Crippen LogP contribution in [0.25, 0.3) is 0 Å². The highest BCUT2D eigenvalue weighted by atomic mass is 32.1. The molecular formula is C17H22N2O4S. The van der Waals surface area contributed by atoms with E-state index >= 15 is 0 Å². The minimum atomic E-state index is -1.09. The molecule has 0 radical (unpaired) electrons. The summed E-state index contributed by atoms with van der Waals surface area (Å²) in [5, 5.41) is 3.14. The van der Waals surface area contributed by atoms with Crippen LogP contribution >= 0.6 is 11.3 Å². The fourth-order valence-electron chi connectivity index (χ4n) is 3.31. The van der Waals surface area contributed by atoms with Gasteiger partial charge in [0.15, 0.2) is 10.9 Å². The monoisotopic (exact) mass is 350 g/mol. The maximum absolute atomic E-state index is 12.6. The highest BCUT2D eigenvalue weighted by Crippen LogP contribution is 2.44. The Morgan fingerprint density at radius 3 is 2.58 bits per heavy atom. The number of fused-ring (bicyclic) bond motifs is 1. The van der Waals surface area contributed by atoms with Crippen molar-refractivity contribution in [2.24, 2.45) is 10.8 Å². The molecule has 1 aromatic rings. The molecule has 7 heteroatoms. The number of nitrogens with one attached hydrogen (secondary N) is 1. The molecule has 1 aromatic heterocycles. The zero-order valence-electron chi connectivity index (χ0n) is 14.2. The number of esters is 1. The minimum absolute atomic E-state index is 0.0722. The normalized spacial score (nSPS) is 20.7. The molecule has 6 nitrogen and oxygen atoms in total. The molecule has 0 bridgehead atoms. The first-order valence-electron chi connectivity index (χ1n) is 8.29. The number of anilines is 1. The molecule has 0 atom stereocenters. The molecule has 130 valence electrons. The van der Waals surface area contributed by atoms with Crippen molar-refractivity contribution in [3.8, 4) is 0 Å². The number of hydrogen-bond donors (Lipinski definition) is 1. The van der Waals surface area contributed by atoms with Crippen molar-refractivity contribution in [2.75, 3.05) is 11.9 Å². The van der Waals surface area contributed by atoms with Crippen molar-refractivity contribution < 1.29 is 19.1 Å². The van der Waals surface area contributed by atoms with Gasteiger partial charge >= 0.3 is 5.97 Å². The Hall–Kier alpha value is -1.76.